The van der Waals surface area contributed by atoms with Gasteiger partial charge in [0.1, 0.15) is 0 Å². The Morgan fingerprint density at radius 1 is 1.18 bits per heavy atom. The van der Waals surface area contributed by atoms with Crippen molar-refractivity contribution in [2.45, 2.75) is 13.2 Å². The average molecular weight is 311 g/mol. The van der Waals surface area contributed by atoms with E-state index in [9.17, 15) is 23.3 Å². The van der Waals surface area contributed by atoms with Crippen LogP contribution >= 0.6 is 0 Å². The average Bonchev–Trinajstić information content (AvgIpc) is 2.74. The highest BCUT2D eigenvalue weighted by atomic mass is 19.3. The quantitative estimate of drug-likeness (QED) is 0.620. The predicted molar refractivity (Wildman–Crippen MR) is 69.4 cm³/mol. The summed E-state index contributed by atoms with van der Waals surface area (Å²) >= 11 is 0. The Morgan fingerprint density at radius 3 is 2.59 bits per heavy atom. The predicted octanol–water partition coefficient (Wildman–Crippen LogP) is 4.03. The molecule has 22 heavy (non-hydrogen) atoms. The Hall–Kier alpha value is -2.77. The zero-order valence-corrected chi connectivity index (χ0v) is 11.1. The Kier molecular flexibility index (Phi) is 2.98. The van der Waals surface area contributed by atoms with Crippen LogP contribution in [0.15, 0.2) is 30.3 Å². The second-order valence-electron chi connectivity index (χ2n) is 4.68. The number of nitro groups is 1. The van der Waals surface area contributed by atoms with Crippen molar-refractivity contribution in [1.29, 1.82) is 0 Å². The highest BCUT2D eigenvalue weighted by molar-refractivity contribution is 5.77. The second-order valence-corrected chi connectivity index (χ2v) is 4.68. The maximum atomic E-state index is 13.8. The number of fused-ring (bicyclic) bond motifs is 1. The highest BCUT2D eigenvalue weighted by Crippen LogP contribution is 2.47. The van der Waals surface area contributed by atoms with Crippen molar-refractivity contribution in [3.8, 4) is 22.6 Å². The van der Waals surface area contributed by atoms with Gasteiger partial charge in [0, 0.05) is 11.6 Å². The summed E-state index contributed by atoms with van der Waals surface area (Å²) in [6.45, 7) is 1.51. The Labute approximate surface area is 122 Å². The molecule has 1 heterocycles. The smallest absolute Gasteiger partial charge is 0.395 e. The Bertz CT molecular complexity index is 792. The van der Waals surface area contributed by atoms with E-state index < -0.39 is 22.7 Å². The first-order chi connectivity index (χ1) is 10.3. The first kappa shape index (κ1) is 14.2. The third-order valence-electron chi connectivity index (χ3n) is 3.21. The molecule has 0 spiro atoms. The van der Waals surface area contributed by atoms with Crippen molar-refractivity contribution >= 4 is 5.69 Å². The van der Waals surface area contributed by atoms with Crippen LogP contribution in [0.25, 0.3) is 11.1 Å². The number of para-hydroxylation sites is 1. The van der Waals surface area contributed by atoms with E-state index in [1.807, 2.05) is 0 Å². The molecule has 1 aliphatic rings. The largest absolute Gasteiger partial charge is 0.586 e. The molecule has 2 aromatic rings. The minimum Gasteiger partial charge on any atom is -0.395 e. The molecule has 0 aliphatic carbocycles. The summed E-state index contributed by atoms with van der Waals surface area (Å²) in [6, 6.07) is 6.13. The maximum absolute atomic E-state index is 13.8. The van der Waals surface area contributed by atoms with Gasteiger partial charge in [-0.2, -0.15) is 4.39 Å². The minimum absolute atomic E-state index is 0.168. The van der Waals surface area contributed by atoms with Gasteiger partial charge in [-0.3, -0.25) is 10.1 Å². The van der Waals surface area contributed by atoms with E-state index in [-0.39, 0.29) is 22.6 Å². The Morgan fingerprint density at radius 2 is 1.91 bits per heavy atom. The number of halogens is 3. The number of nitro benzene ring substituents is 1. The van der Waals surface area contributed by atoms with Crippen LogP contribution in [0, 0.1) is 22.9 Å². The molecule has 0 radical (unpaired) electrons. The number of rotatable bonds is 2. The lowest BCUT2D eigenvalue weighted by Gasteiger charge is -2.10. The fourth-order valence-electron chi connectivity index (χ4n) is 2.28. The standard InChI is InChI=1S/C14H8F3NO4/c1-7-5-11(18(19)20)10(15)6-9(7)8-3-2-4-12-13(8)22-14(16,17)21-12/h2-6H,1H3. The number of ether oxygens (including phenoxy) is 2. The number of hydrogen-bond acceptors (Lipinski definition) is 4. The van der Waals surface area contributed by atoms with E-state index in [1.54, 1.807) is 0 Å². The van der Waals surface area contributed by atoms with E-state index in [2.05, 4.69) is 9.47 Å². The van der Waals surface area contributed by atoms with E-state index in [4.69, 9.17) is 0 Å². The number of aryl methyl sites for hydroxylation is 1. The van der Waals surface area contributed by atoms with Gasteiger partial charge in [0.25, 0.3) is 0 Å². The summed E-state index contributed by atoms with van der Waals surface area (Å²) in [5.74, 6) is -1.47. The van der Waals surface area contributed by atoms with Gasteiger partial charge in [-0.25, -0.2) is 0 Å². The molecule has 0 unspecified atom stereocenters. The van der Waals surface area contributed by atoms with E-state index >= 15 is 0 Å². The van der Waals surface area contributed by atoms with Gasteiger partial charge >= 0.3 is 12.0 Å². The van der Waals surface area contributed by atoms with Crippen molar-refractivity contribution in [2.24, 2.45) is 0 Å². The lowest BCUT2D eigenvalue weighted by Crippen LogP contribution is -2.26. The molecule has 2 aromatic carbocycles. The molecular formula is C14H8F3NO4. The van der Waals surface area contributed by atoms with Crippen molar-refractivity contribution in [3.05, 3.63) is 51.8 Å². The summed E-state index contributed by atoms with van der Waals surface area (Å²) in [7, 11) is 0. The molecule has 0 saturated heterocycles. The van der Waals surface area contributed by atoms with Gasteiger partial charge < -0.3 is 9.47 Å². The first-order valence-electron chi connectivity index (χ1n) is 6.12. The zero-order chi connectivity index (χ0) is 16.1. The van der Waals surface area contributed by atoms with Crippen LogP contribution in [0.4, 0.5) is 18.9 Å². The van der Waals surface area contributed by atoms with Gasteiger partial charge in [0.05, 0.1) is 4.92 Å². The number of nitrogens with zero attached hydrogens (tertiary/aromatic N) is 1. The number of alkyl halides is 2. The first-order valence-corrected chi connectivity index (χ1v) is 6.12. The Balaban J connectivity index is 2.17. The molecule has 0 aromatic heterocycles. The lowest BCUT2D eigenvalue weighted by molar-refractivity contribution is -0.387. The second kappa shape index (κ2) is 4.62. The van der Waals surface area contributed by atoms with E-state index in [0.29, 0.717) is 5.56 Å². The maximum Gasteiger partial charge on any atom is 0.586 e. The summed E-state index contributed by atoms with van der Waals surface area (Å²) in [5, 5.41) is 10.7. The number of hydrogen-bond donors (Lipinski definition) is 0. The van der Waals surface area contributed by atoms with Crippen LogP contribution in [-0.4, -0.2) is 11.2 Å². The van der Waals surface area contributed by atoms with Crippen molar-refractivity contribution in [3.63, 3.8) is 0 Å². The SMILES string of the molecule is Cc1cc([N+](=O)[O-])c(F)cc1-c1cccc2c1OC(F)(F)O2. The van der Waals surface area contributed by atoms with Gasteiger partial charge in [-0.05, 0) is 30.2 Å². The van der Waals surface area contributed by atoms with Crippen molar-refractivity contribution in [2.75, 3.05) is 0 Å². The monoisotopic (exact) mass is 311 g/mol. The molecule has 0 N–H and O–H groups in total. The fourth-order valence-corrected chi connectivity index (χ4v) is 2.28. The molecule has 3 rings (SSSR count). The molecule has 0 atom stereocenters. The summed E-state index contributed by atoms with van der Waals surface area (Å²) in [6.07, 6.45) is -3.80. The third kappa shape index (κ3) is 2.22. The molecule has 1 aliphatic heterocycles. The van der Waals surface area contributed by atoms with Crippen LogP contribution in [0.3, 0.4) is 0 Å². The molecule has 8 heteroatoms. The van der Waals surface area contributed by atoms with Crippen molar-refractivity contribution < 1.29 is 27.6 Å². The summed E-state index contributed by atoms with van der Waals surface area (Å²) < 4.78 is 48.9. The summed E-state index contributed by atoms with van der Waals surface area (Å²) in [5.41, 5.74) is 0.0406. The molecule has 5 nitrogen and oxygen atoms in total. The van der Waals surface area contributed by atoms with Crippen LogP contribution in [0.5, 0.6) is 11.5 Å². The van der Waals surface area contributed by atoms with Gasteiger partial charge in [-0.15, -0.1) is 8.78 Å². The van der Waals surface area contributed by atoms with Gasteiger partial charge in [0.2, 0.25) is 5.82 Å². The van der Waals surface area contributed by atoms with E-state index in [0.717, 1.165) is 12.1 Å². The minimum atomic E-state index is -3.80. The van der Waals surface area contributed by atoms with Crippen LogP contribution < -0.4 is 9.47 Å². The van der Waals surface area contributed by atoms with Gasteiger partial charge in [-0.1, -0.05) is 12.1 Å². The van der Waals surface area contributed by atoms with Crippen LogP contribution in [0.2, 0.25) is 0 Å². The molecular weight excluding hydrogens is 303 g/mol. The fraction of sp³-hybridized carbons (Fsp3) is 0.143. The third-order valence-corrected chi connectivity index (χ3v) is 3.21. The molecule has 114 valence electrons. The molecule has 0 fully saturated rings. The normalized spacial score (nSPS) is 14.9. The lowest BCUT2D eigenvalue weighted by atomic mass is 9.98. The zero-order valence-electron chi connectivity index (χ0n) is 11.1. The topological polar surface area (TPSA) is 61.6 Å². The van der Waals surface area contributed by atoms with E-state index in [1.165, 1.54) is 25.1 Å². The molecule has 0 bridgehead atoms. The molecule has 0 amide bonds. The van der Waals surface area contributed by atoms with Crippen LogP contribution in [-0.2, 0) is 0 Å². The number of benzene rings is 2. The van der Waals surface area contributed by atoms with Gasteiger partial charge in [0.15, 0.2) is 11.5 Å². The van der Waals surface area contributed by atoms with Crippen LogP contribution in [0.1, 0.15) is 5.56 Å². The highest BCUT2D eigenvalue weighted by Gasteiger charge is 2.44. The molecule has 0 saturated carbocycles. The summed E-state index contributed by atoms with van der Waals surface area (Å²) in [4.78, 5) is 9.86. The van der Waals surface area contributed by atoms with Crippen molar-refractivity contribution in [1.82, 2.24) is 0 Å².